The molecule has 0 aromatic heterocycles. The van der Waals surface area contributed by atoms with E-state index in [0.717, 1.165) is 36.9 Å². The average molecular weight is 352 g/mol. The van der Waals surface area contributed by atoms with E-state index in [9.17, 15) is 4.79 Å². The van der Waals surface area contributed by atoms with Gasteiger partial charge >= 0.3 is 0 Å². The van der Waals surface area contributed by atoms with Crippen LogP contribution >= 0.6 is 11.6 Å². The molecule has 1 aromatic carbocycles. The number of anilines is 1. The molecule has 2 N–H and O–H groups in total. The first-order valence-corrected chi connectivity index (χ1v) is 8.76. The summed E-state index contributed by atoms with van der Waals surface area (Å²) in [4.78, 5) is 22.6. The first-order chi connectivity index (χ1) is 11.5. The summed E-state index contributed by atoms with van der Waals surface area (Å²) in [7, 11) is 0. The zero-order valence-corrected chi connectivity index (χ0v) is 15.2. The Bertz CT molecular complexity index is 563. The minimum Gasteiger partial charge on any atom is -0.370 e. The van der Waals surface area contributed by atoms with Crippen molar-refractivity contribution < 1.29 is 4.79 Å². The van der Waals surface area contributed by atoms with E-state index >= 15 is 0 Å². The Morgan fingerprint density at radius 1 is 1.17 bits per heavy atom. The number of carbonyl (C=O) groups is 1. The third kappa shape index (κ3) is 4.77. The largest absolute Gasteiger partial charge is 0.370 e. The van der Waals surface area contributed by atoms with Gasteiger partial charge in [-0.2, -0.15) is 0 Å². The predicted octanol–water partition coefficient (Wildman–Crippen LogP) is 1.65. The zero-order valence-electron chi connectivity index (χ0n) is 14.4. The molecule has 0 saturated carbocycles. The topological polar surface area (TPSA) is 65.2 Å². The number of nitrogens with two attached hydrogens (primary N) is 1. The molecule has 24 heavy (non-hydrogen) atoms. The first kappa shape index (κ1) is 18.4. The molecule has 1 saturated heterocycles. The average Bonchev–Trinajstić information content (AvgIpc) is 2.61. The number of guanidine groups is 1. The Labute approximate surface area is 148 Å². The van der Waals surface area contributed by atoms with E-state index in [4.69, 9.17) is 17.3 Å². The van der Waals surface area contributed by atoms with E-state index in [-0.39, 0.29) is 12.5 Å². The molecular formula is C17H26ClN5O. The number of halogens is 1. The van der Waals surface area contributed by atoms with Crippen molar-refractivity contribution in [1.29, 1.82) is 0 Å². The minimum absolute atomic E-state index is 0.0286. The van der Waals surface area contributed by atoms with Crippen molar-refractivity contribution in [3.05, 3.63) is 29.3 Å². The summed E-state index contributed by atoms with van der Waals surface area (Å²) >= 11 is 5.92. The Morgan fingerprint density at radius 2 is 1.75 bits per heavy atom. The SMILES string of the molecule is CCN(CC)C(N)=NCC(=O)N1CCN(c2ccc(Cl)cc2)CC1. The summed E-state index contributed by atoms with van der Waals surface area (Å²) in [6.07, 6.45) is 0. The van der Waals surface area contributed by atoms with Crippen LogP contribution in [0.1, 0.15) is 13.8 Å². The minimum atomic E-state index is 0.0286. The van der Waals surface area contributed by atoms with Crippen LogP contribution in [0.3, 0.4) is 0 Å². The monoisotopic (exact) mass is 351 g/mol. The molecule has 1 aliphatic heterocycles. The second-order valence-electron chi connectivity index (χ2n) is 5.69. The normalized spacial score (nSPS) is 15.5. The highest BCUT2D eigenvalue weighted by molar-refractivity contribution is 6.30. The number of rotatable bonds is 5. The fraction of sp³-hybridized carbons (Fsp3) is 0.529. The standard InChI is InChI=1S/C17H26ClN5O/c1-3-21(4-2)17(19)20-13-16(24)23-11-9-22(10-12-23)15-7-5-14(18)6-8-15/h5-8H,3-4,9-13H2,1-2H3,(H2,19,20). The predicted molar refractivity (Wildman–Crippen MR) is 99.7 cm³/mol. The summed E-state index contributed by atoms with van der Waals surface area (Å²) in [5.41, 5.74) is 7.05. The van der Waals surface area contributed by atoms with Gasteiger partial charge < -0.3 is 20.4 Å². The molecule has 2 rings (SSSR count). The second kappa shape index (κ2) is 8.78. The van der Waals surface area contributed by atoms with Crippen molar-refractivity contribution in [1.82, 2.24) is 9.80 Å². The van der Waals surface area contributed by atoms with E-state index in [1.165, 1.54) is 0 Å². The summed E-state index contributed by atoms with van der Waals surface area (Å²) < 4.78 is 0. The summed E-state index contributed by atoms with van der Waals surface area (Å²) in [6.45, 7) is 8.74. The maximum Gasteiger partial charge on any atom is 0.244 e. The summed E-state index contributed by atoms with van der Waals surface area (Å²) in [5.74, 6) is 0.467. The molecule has 132 valence electrons. The molecule has 0 unspecified atom stereocenters. The van der Waals surface area contributed by atoms with Crippen LogP contribution in [-0.4, -0.2) is 67.5 Å². The van der Waals surface area contributed by atoms with E-state index in [0.29, 0.717) is 19.0 Å². The Kier molecular flexibility index (Phi) is 6.73. The molecule has 1 aromatic rings. The molecule has 0 atom stereocenters. The third-order valence-corrected chi connectivity index (χ3v) is 4.54. The van der Waals surface area contributed by atoms with Gasteiger partial charge in [0, 0.05) is 50.0 Å². The van der Waals surface area contributed by atoms with Crippen LogP contribution in [0, 0.1) is 0 Å². The van der Waals surface area contributed by atoms with Crippen LogP contribution in [0.5, 0.6) is 0 Å². The van der Waals surface area contributed by atoms with Crippen molar-refractivity contribution >= 4 is 29.2 Å². The molecule has 0 spiro atoms. The van der Waals surface area contributed by atoms with Crippen LogP contribution in [0.2, 0.25) is 5.02 Å². The Hall–Kier alpha value is -1.95. The quantitative estimate of drug-likeness (QED) is 0.647. The fourth-order valence-corrected chi connectivity index (χ4v) is 2.89. The van der Waals surface area contributed by atoms with Gasteiger partial charge in [0.05, 0.1) is 0 Å². The molecule has 1 aliphatic rings. The van der Waals surface area contributed by atoms with E-state index in [2.05, 4.69) is 9.89 Å². The van der Waals surface area contributed by atoms with Gasteiger partial charge in [0.1, 0.15) is 6.54 Å². The molecular weight excluding hydrogens is 326 g/mol. The number of nitrogens with zero attached hydrogens (tertiary/aromatic N) is 4. The molecule has 1 heterocycles. The highest BCUT2D eigenvalue weighted by Crippen LogP contribution is 2.19. The van der Waals surface area contributed by atoms with Gasteiger partial charge in [0.2, 0.25) is 5.91 Å². The third-order valence-electron chi connectivity index (χ3n) is 4.29. The molecule has 0 aliphatic carbocycles. The number of carbonyl (C=O) groups excluding carboxylic acids is 1. The zero-order chi connectivity index (χ0) is 17.5. The van der Waals surface area contributed by atoms with Crippen molar-refractivity contribution in [2.75, 3.05) is 50.7 Å². The maximum absolute atomic E-state index is 12.3. The van der Waals surface area contributed by atoms with Crippen molar-refractivity contribution in [2.24, 2.45) is 10.7 Å². The van der Waals surface area contributed by atoms with Crippen LogP contribution in [-0.2, 0) is 4.79 Å². The van der Waals surface area contributed by atoms with Gasteiger partial charge in [0.25, 0.3) is 0 Å². The molecule has 7 heteroatoms. The molecule has 1 fully saturated rings. The Balaban J connectivity index is 1.84. The summed E-state index contributed by atoms with van der Waals surface area (Å²) in [6, 6.07) is 7.79. The number of aliphatic imine (C=N–C) groups is 1. The lowest BCUT2D eigenvalue weighted by molar-refractivity contribution is -0.129. The van der Waals surface area contributed by atoms with Crippen molar-refractivity contribution in [3.63, 3.8) is 0 Å². The van der Waals surface area contributed by atoms with Crippen molar-refractivity contribution in [2.45, 2.75) is 13.8 Å². The smallest absolute Gasteiger partial charge is 0.244 e. The number of amides is 1. The van der Waals surface area contributed by atoms with Crippen LogP contribution in [0.25, 0.3) is 0 Å². The number of benzene rings is 1. The van der Waals surface area contributed by atoms with Crippen LogP contribution in [0.4, 0.5) is 5.69 Å². The lowest BCUT2D eigenvalue weighted by Crippen LogP contribution is -2.49. The van der Waals surface area contributed by atoms with E-state index in [1.807, 2.05) is 47.9 Å². The maximum atomic E-state index is 12.3. The molecule has 0 bridgehead atoms. The number of hydrogen-bond acceptors (Lipinski definition) is 3. The number of hydrogen-bond donors (Lipinski definition) is 1. The lowest BCUT2D eigenvalue weighted by Gasteiger charge is -2.36. The molecule has 1 amide bonds. The van der Waals surface area contributed by atoms with Gasteiger partial charge in [-0.3, -0.25) is 4.79 Å². The van der Waals surface area contributed by atoms with Crippen LogP contribution in [0.15, 0.2) is 29.3 Å². The van der Waals surface area contributed by atoms with Crippen LogP contribution < -0.4 is 10.6 Å². The van der Waals surface area contributed by atoms with Gasteiger partial charge in [-0.25, -0.2) is 4.99 Å². The molecule has 0 radical (unpaired) electrons. The van der Waals surface area contributed by atoms with Gasteiger partial charge in [-0.1, -0.05) is 11.6 Å². The fourth-order valence-electron chi connectivity index (χ4n) is 2.76. The highest BCUT2D eigenvalue weighted by Gasteiger charge is 2.21. The Morgan fingerprint density at radius 3 is 2.29 bits per heavy atom. The van der Waals surface area contributed by atoms with Gasteiger partial charge in [-0.05, 0) is 38.1 Å². The second-order valence-corrected chi connectivity index (χ2v) is 6.13. The number of piperazine rings is 1. The summed E-state index contributed by atoms with van der Waals surface area (Å²) in [5, 5.41) is 0.733. The van der Waals surface area contributed by atoms with E-state index in [1.54, 1.807) is 0 Å². The lowest BCUT2D eigenvalue weighted by atomic mass is 10.2. The van der Waals surface area contributed by atoms with E-state index < -0.39 is 0 Å². The van der Waals surface area contributed by atoms with Gasteiger partial charge in [-0.15, -0.1) is 0 Å². The highest BCUT2D eigenvalue weighted by atomic mass is 35.5. The molecule has 6 nitrogen and oxygen atoms in total. The van der Waals surface area contributed by atoms with Gasteiger partial charge in [0.15, 0.2) is 5.96 Å². The van der Waals surface area contributed by atoms with Crippen molar-refractivity contribution in [3.8, 4) is 0 Å². The first-order valence-electron chi connectivity index (χ1n) is 8.38.